The van der Waals surface area contributed by atoms with E-state index in [1.807, 2.05) is 13.8 Å². The molecule has 8 nitrogen and oxygen atoms in total. The first-order valence-corrected chi connectivity index (χ1v) is 11.4. The van der Waals surface area contributed by atoms with E-state index in [4.69, 9.17) is 0 Å². The van der Waals surface area contributed by atoms with E-state index >= 15 is 0 Å². The first kappa shape index (κ1) is 26.9. The number of hydrogen-bond acceptors (Lipinski definition) is 4. The Kier molecular flexibility index (Phi) is 12.0. The van der Waals surface area contributed by atoms with Gasteiger partial charge in [-0.15, -0.1) is 24.0 Å². The molecule has 2 unspecified atom stereocenters. The fourth-order valence-corrected chi connectivity index (χ4v) is 4.09. The largest absolute Gasteiger partial charge is 0.357 e. The molecule has 0 aromatic heterocycles. The van der Waals surface area contributed by atoms with Crippen LogP contribution in [0.3, 0.4) is 0 Å². The standard InChI is InChI=1S/C21H40N6O2.HI/c1-5-17-11-8-9-14-26(17)16-13-24-19(22-7-3)23-12-10-15-27-18(28)21(4,6-2)25-20(27)29;/h17H,5-16H2,1-4H3,(H,25,29)(H2,22,23,24);1H. The summed E-state index contributed by atoms with van der Waals surface area (Å²) in [5.74, 6) is 0.666. The van der Waals surface area contributed by atoms with Crippen molar-refractivity contribution >= 4 is 41.9 Å². The summed E-state index contributed by atoms with van der Waals surface area (Å²) in [5.41, 5.74) is -0.762. The van der Waals surface area contributed by atoms with Gasteiger partial charge < -0.3 is 16.0 Å². The Morgan fingerprint density at radius 1 is 1.20 bits per heavy atom. The number of imide groups is 1. The topological polar surface area (TPSA) is 89.1 Å². The number of halogens is 1. The van der Waals surface area contributed by atoms with Gasteiger partial charge in [-0.2, -0.15) is 0 Å². The molecule has 0 spiro atoms. The number of hydrogen-bond donors (Lipinski definition) is 3. The maximum absolute atomic E-state index is 12.4. The molecule has 9 heteroatoms. The molecule has 2 rings (SSSR count). The lowest BCUT2D eigenvalue weighted by Crippen LogP contribution is -2.46. The van der Waals surface area contributed by atoms with Crippen LogP contribution in [0.4, 0.5) is 4.79 Å². The van der Waals surface area contributed by atoms with Crippen LogP contribution in [-0.4, -0.2) is 78.5 Å². The molecule has 0 radical (unpaired) electrons. The second-order valence-corrected chi connectivity index (χ2v) is 8.21. The molecule has 0 bridgehead atoms. The van der Waals surface area contributed by atoms with Gasteiger partial charge in [0.15, 0.2) is 5.96 Å². The highest BCUT2D eigenvalue weighted by molar-refractivity contribution is 14.0. The Bertz CT molecular complexity index is 588. The predicted molar refractivity (Wildman–Crippen MR) is 132 cm³/mol. The Balaban J connectivity index is 0.00000450. The van der Waals surface area contributed by atoms with Crippen molar-refractivity contribution < 1.29 is 9.59 Å². The van der Waals surface area contributed by atoms with E-state index in [9.17, 15) is 9.59 Å². The van der Waals surface area contributed by atoms with E-state index in [2.05, 4.69) is 32.8 Å². The first-order chi connectivity index (χ1) is 13.9. The van der Waals surface area contributed by atoms with Crippen molar-refractivity contribution in [1.82, 2.24) is 25.8 Å². The number of carbonyl (C=O) groups excluding carboxylic acids is 2. The zero-order valence-corrected chi connectivity index (χ0v) is 21.5. The van der Waals surface area contributed by atoms with E-state index in [0.29, 0.717) is 32.0 Å². The van der Waals surface area contributed by atoms with Crippen molar-refractivity contribution in [2.75, 3.05) is 39.3 Å². The van der Waals surface area contributed by atoms with Gasteiger partial charge in [0.05, 0.1) is 0 Å². The van der Waals surface area contributed by atoms with Crippen molar-refractivity contribution in [2.24, 2.45) is 4.99 Å². The van der Waals surface area contributed by atoms with Crippen molar-refractivity contribution in [3.05, 3.63) is 0 Å². The van der Waals surface area contributed by atoms with Crippen LogP contribution in [0.15, 0.2) is 4.99 Å². The number of urea groups is 1. The summed E-state index contributed by atoms with van der Waals surface area (Å²) < 4.78 is 0. The number of amides is 3. The highest BCUT2D eigenvalue weighted by atomic mass is 127. The van der Waals surface area contributed by atoms with Crippen LogP contribution >= 0.6 is 24.0 Å². The maximum Gasteiger partial charge on any atom is 0.325 e. The minimum Gasteiger partial charge on any atom is -0.357 e. The average molecular weight is 537 g/mol. The van der Waals surface area contributed by atoms with Crippen LogP contribution in [0.5, 0.6) is 0 Å². The first-order valence-electron chi connectivity index (χ1n) is 11.4. The van der Waals surface area contributed by atoms with Gasteiger partial charge in [-0.3, -0.25) is 19.6 Å². The molecule has 0 aromatic rings. The van der Waals surface area contributed by atoms with E-state index in [0.717, 1.165) is 25.6 Å². The van der Waals surface area contributed by atoms with Crippen LogP contribution in [0.1, 0.15) is 66.2 Å². The minimum absolute atomic E-state index is 0. The molecule has 3 amide bonds. The fourth-order valence-electron chi connectivity index (χ4n) is 4.09. The number of likely N-dealkylation sites (tertiary alicyclic amines) is 1. The molecule has 2 heterocycles. The second-order valence-electron chi connectivity index (χ2n) is 8.21. The van der Waals surface area contributed by atoms with Gasteiger partial charge in [-0.1, -0.05) is 20.3 Å². The molecule has 2 aliphatic rings. The van der Waals surface area contributed by atoms with Gasteiger partial charge >= 0.3 is 6.03 Å². The van der Waals surface area contributed by atoms with Crippen LogP contribution in [-0.2, 0) is 4.79 Å². The van der Waals surface area contributed by atoms with Crippen LogP contribution in [0, 0.1) is 0 Å². The maximum atomic E-state index is 12.4. The fraction of sp³-hybridized carbons (Fsp3) is 0.857. The normalized spacial score (nSPS) is 25.1. The molecular weight excluding hydrogens is 495 g/mol. The Hall–Kier alpha value is -1.10. The zero-order valence-electron chi connectivity index (χ0n) is 19.1. The lowest BCUT2D eigenvalue weighted by Gasteiger charge is -2.35. The molecule has 2 fully saturated rings. The van der Waals surface area contributed by atoms with Crippen molar-refractivity contribution in [3.8, 4) is 0 Å². The highest BCUT2D eigenvalue weighted by Crippen LogP contribution is 2.21. The molecule has 0 aromatic carbocycles. The zero-order chi connectivity index (χ0) is 21.3. The van der Waals surface area contributed by atoms with Gasteiger partial charge in [-0.05, 0) is 52.5 Å². The second kappa shape index (κ2) is 13.3. The van der Waals surface area contributed by atoms with Gasteiger partial charge in [0.2, 0.25) is 0 Å². The number of aliphatic imine (C=N–C) groups is 1. The van der Waals surface area contributed by atoms with Crippen LogP contribution < -0.4 is 16.0 Å². The molecule has 3 N–H and O–H groups in total. The molecule has 2 saturated heterocycles. The average Bonchev–Trinajstić information content (AvgIpc) is 2.94. The van der Waals surface area contributed by atoms with Crippen LogP contribution in [0.25, 0.3) is 0 Å². The van der Waals surface area contributed by atoms with Crippen molar-refractivity contribution in [2.45, 2.75) is 77.8 Å². The van der Waals surface area contributed by atoms with Gasteiger partial charge in [-0.25, -0.2) is 4.79 Å². The molecule has 174 valence electrons. The Labute approximate surface area is 199 Å². The van der Waals surface area contributed by atoms with E-state index in [1.54, 1.807) is 6.92 Å². The molecule has 2 atom stereocenters. The summed E-state index contributed by atoms with van der Waals surface area (Å²) in [6.07, 6.45) is 6.42. The van der Waals surface area contributed by atoms with Gasteiger partial charge in [0, 0.05) is 38.8 Å². The number of rotatable bonds is 10. The summed E-state index contributed by atoms with van der Waals surface area (Å²) in [6, 6.07) is 0.420. The van der Waals surface area contributed by atoms with E-state index in [1.165, 1.54) is 37.1 Å². The Morgan fingerprint density at radius 3 is 2.60 bits per heavy atom. The highest BCUT2D eigenvalue weighted by Gasteiger charge is 2.45. The number of guanidine groups is 1. The Morgan fingerprint density at radius 2 is 1.97 bits per heavy atom. The lowest BCUT2D eigenvalue weighted by molar-refractivity contribution is -0.130. The lowest BCUT2D eigenvalue weighted by atomic mass is 9.99. The number of nitrogens with zero attached hydrogens (tertiary/aromatic N) is 3. The minimum atomic E-state index is -0.762. The summed E-state index contributed by atoms with van der Waals surface area (Å²) in [7, 11) is 0. The summed E-state index contributed by atoms with van der Waals surface area (Å²) in [4.78, 5) is 33.0. The predicted octanol–water partition coefficient (Wildman–Crippen LogP) is 2.53. The van der Waals surface area contributed by atoms with Gasteiger partial charge in [0.25, 0.3) is 5.91 Å². The number of nitrogens with one attached hydrogen (secondary N) is 3. The number of piperidine rings is 1. The number of carbonyl (C=O) groups is 2. The molecule has 0 aliphatic carbocycles. The third kappa shape index (κ3) is 7.25. The molecule has 2 aliphatic heterocycles. The monoisotopic (exact) mass is 536 g/mol. The molecule has 0 saturated carbocycles. The smallest absolute Gasteiger partial charge is 0.325 e. The van der Waals surface area contributed by atoms with Crippen LogP contribution in [0.2, 0.25) is 0 Å². The van der Waals surface area contributed by atoms with Crippen molar-refractivity contribution in [1.29, 1.82) is 0 Å². The summed E-state index contributed by atoms with van der Waals surface area (Å²) in [5, 5.41) is 9.48. The van der Waals surface area contributed by atoms with E-state index in [-0.39, 0.29) is 35.9 Å². The van der Waals surface area contributed by atoms with Gasteiger partial charge in [0.1, 0.15) is 5.54 Å². The third-order valence-corrected chi connectivity index (χ3v) is 6.12. The summed E-state index contributed by atoms with van der Waals surface area (Å²) in [6.45, 7) is 12.9. The SMILES string of the molecule is CCNC(=NCCCN1C(=O)NC(C)(CC)C1=O)NCCN1CCCCC1CC.I. The van der Waals surface area contributed by atoms with Crippen molar-refractivity contribution in [3.63, 3.8) is 0 Å². The van der Waals surface area contributed by atoms with E-state index < -0.39 is 5.54 Å². The molecular formula is C21H41IN6O2. The molecule has 30 heavy (non-hydrogen) atoms. The quantitative estimate of drug-likeness (QED) is 0.131. The summed E-state index contributed by atoms with van der Waals surface area (Å²) >= 11 is 0. The third-order valence-electron chi connectivity index (χ3n) is 6.12.